The molecule has 0 radical (unpaired) electrons. The Labute approximate surface area is 165 Å². The molecule has 148 valence electrons. The molecule has 7 heteroatoms. The van der Waals surface area contributed by atoms with E-state index < -0.39 is 6.03 Å². The molecule has 2 aromatic carbocycles. The topological polar surface area (TPSA) is 90.7 Å². The van der Waals surface area contributed by atoms with Crippen molar-refractivity contribution in [1.29, 1.82) is 0 Å². The van der Waals surface area contributed by atoms with Crippen LogP contribution in [0.4, 0.5) is 10.5 Å². The van der Waals surface area contributed by atoms with Crippen LogP contribution < -0.4 is 21.3 Å². The van der Waals surface area contributed by atoms with E-state index in [4.69, 9.17) is 5.73 Å². The molecule has 0 spiro atoms. The molecule has 0 aliphatic carbocycles. The van der Waals surface area contributed by atoms with Crippen LogP contribution in [-0.2, 0) is 6.54 Å². The number of anilines is 1. The summed E-state index contributed by atoms with van der Waals surface area (Å²) in [4.78, 5) is 27.8. The molecule has 7 nitrogen and oxygen atoms in total. The van der Waals surface area contributed by atoms with Gasteiger partial charge in [0.1, 0.15) is 0 Å². The van der Waals surface area contributed by atoms with Gasteiger partial charge in [0.25, 0.3) is 5.91 Å². The SMILES string of the molecule is NC(=O)NCc1ccc(C(=O)NCCN2CCN(c3ccccc3)CC2)cc1. The Hall–Kier alpha value is -3.06. The van der Waals surface area contributed by atoms with Crippen molar-refractivity contribution in [3.63, 3.8) is 0 Å². The fraction of sp³-hybridized carbons (Fsp3) is 0.333. The van der Waals surface area contributed by atoms with Crippen molar-refractivity contribution in [2.45, 2.75) is 6.54 Å². The fourth-order valence-corrected chi connectivity index (χ4v) is 3.26. The van der Waals surface area contributed by atoms with Gasteiger partial charge in [-0.2, -0.15) is 0 Å². The zero-order chi connectivity index (χ0) is 19.8. The second-order valence-corrected chi connectivity index (χ2v) is 6.83. The lowest BCUT2D eigenvalue weighted by molar-refractivity contribution is 0.0947. The normalized spacial score (nSPS) is 14.5. The lowest BCUT2D eigenvalue weighted by Crippen LogP contribution is -2.48. The third-order valence-electron chi connectivity index (χ3n) is 4.89. The number of nitrogens with zero attached hydrogens (tertiary/aromatic N) is 2. The van der Waals surface area contributed by atoms with Gasteiger partial charge < -0.3 is 21.3 Å². The van der Waals surface area contributed by atoms with E-state index in [1.54, 1.807) is 12.1 Å². The smallest absolute Gasteiger partial charge is 0.312 e. The molecule has 28 heavy (non-hydrogen) atoms. The van der Waals surface area contributed by atoms with Gasteiger partial charge in [0.2, 0.25) is 0 Å². The number of nitrogens with two attached hydrogens (primary N) is 1. The van der Waals surface area contributed by atoms with Crippen LogP contribution in [0.1, 0.15) is 15.9 Å². The minimum atomic E-state index is -0.563. The number of hydrogen-bond donors (Lipinski definition) is 3. The summed E-state index contributed by atoms with van der Waals surface area (Å²) >= 11 is 0. The van der Waals surface area contributed by atoms with Crippen LogP contribution in [0.15, 0.2) is 54.6 Å². The highest BCUT2D eigenvalue weighted by atomic mass is 16.2. The number of nitrogens with one attached hydrogen (secondary N) is 2. The molecule has 0 aromatic heterocycles. The molecule has 0 bridgehead atoms. The zero-order valence-corrected chi connectivity index (χ0v) is 15.9. The van der Waals surface area contributed by atoms with E-state index in [1.807, 2.05) is 18.2 Å². The molecular formula is C21H27N5O2. The molecule has 1 heterocycles. The molecule has 4 N–H and O–H groups in total. The molecule has 0 saturated carbocycles. The Morgan fingerprint density at radius 3 is 2.21 bits per heavy atom. The maximum atomic E-state index is 12.3. The summed E-state index contributed by atoms with van der Waals surface area (Å²) < 4.78 is 0. The van der Waals surface area contributed by atoms with Gasteiger partial charge in [-0.3, -0.25) is 9.69 Å². The van der Waals surface area contributed by atoms with Crippen molar-refractivity contribution in [2.24, 2.45) is 5.73 Å². The number of rotatable bonds is 7. The minimum Gasteiger partial charge on any atom is -0.369 e. The van der Waals surface area contributed by atoms with Gasteiger partial charge in [-0.05, 0) is 29.8 Å². The summed E-state index contributed by atoms with van der Waals surface area (Å²) in [5.74, 6) is -0.0858. The number of benzene rings is 2. The monoisotopic (exact) mass is 381 g/mol. The highest BCUT2D eigenvalue weighted by Crippen LogP contribution is 2.15. The molecule has 0 atom stereocenters. The van der Waals surface area contributed by atoms with Crippen molar-refractivity contribution in [1.82, 2.24) is 15.5 Å². The predicted octanol–water partition coefficient (Wildman–Crippen LogP) is 1.41. The third kappa shape index (κ3) is 5.72. The van der Waals surface area contributed by atoms with Gasteiger partial charge in [0.15, 0.2) is 0 Å². The number of hydrogen-bond acceptors (Lipinski definition) is 4. The summed E-state index contributed by atoms with van der Waals surface area (Å²) in [6, 6.07) is 17.0. The van der Waals surface area contributed by atoms with Crippen LogP contribution >= 0.6 is 0 Å². The first-order valence-corrected chi connectivity index (χ1v) is 9.54. The van der Waals surface area contributed by atoms with Crippen molar-refractivity contribution < 1.29 is 9.59 Å². The van der Waals surface area contributed by atoms with E-state index >= 15 is 0 Å². The zero-order valence-electron chi connectivity index (χ0n) is 15.9. The van der Waals surface area contributed by atoms with Crippen molar-refractivity contribution in [3.05, 3.63) is 65.7 Å². The largest absolute Gasteiger partial charge is 0.369 e. The standard InChI is InChI=1S/C21H27N5O2/c22-21(28)24-16-17-6-8-18(9-7-17)20(27)23-10-11-25-12-14-26(15-13-25)19-4-2-1-3-5-19/h1-9H,10-16H2,(H,23,27)(H3,22,24,28). The first kappa shape index (κ1) is 19.7. The number of carbonyl (C=O) groups is 2. The van der Waals surface area contributed by atoms with Crippen LogP contribution in [-0.4, -0.2) is 56.1 Å². The Morgan fingerprint density at radius 1 is 0.893 bits per heavy atom. The van der Waals surface area contributed by atoms with E-state index in [2.05, 4.69) is 44.7 Å². The van der Waals surface area contributed by atoms with Gasteiger partial charge in [-0.1, -0.05) is 30.3 Å². The molecule has 2 aromatic rings. The number of piperazine rings is 1. The van der Waals surface area contributed by atoms with Gasteiger partial charge in [-0.15, -0.1) is 0 Å². The predicted molar refractivity (Wildman–Crippen MR) is 110 cm³/mol. The highest BCUT2D eigenvalue weighted by molar-refractivity contribution is 5.94. The van der Waals surface area contributed by atoms with Crippen LogP contribution in [0.2, 0.25) is 0 Å². The van der Waals surface area contributed by atoms with Crippen molar-refractivity contribution in [3.8, 4) is 0 Å². The molecular weight excluding hydrogens is 354 g/mol. The second-order valence-electron chi connectivity index (χ2n) is 6.83. The lowest BCUT2D eigenvalue weighted by Gasteiger charge is -2.36. The Bertz CT molecular complexity index is 771. The number of amides is 3. The molecule has 1 fully saturated rings. The maximum absolute atomic E-state index is 12.3. The maximum Gasteiger partial charge on any atom is 0.312 e. The van der Waals surface area contributed by atoms with Crippen molar-refractivity contribution in [2.75, 3.05) is 44.2 Å². The first-order chi connectivity index (χ1) is 13.6. The Kier molecular flexibility index (Phi) is 6.86. The number of para-hydroxylation sites is 1. The third-order valence-corrected chi connectivity index (χ3v) is 4.89. The van der Waals surface area contributed by atoms with Gasteiger partial charge >= 0.3 is 6.03 Å². The van der Waals surface area contributed by atoms with E-state index in [1.165, 1.54) is 5.69 Å². The van der Waals surface area contributed by atoms with E-state index in [0.717, 1.165) is 38.3 Å². The molecule has 1 saturated heterocycles. The minimum absolute atomic E-state index is 0.0858. The number of urea groups is 1. The molecule has 1 aliphatic rings. The summed E-state index contributed by atoms with van der Waals surface area (Å²) in [7, 11) is 0. The van der Waals surface area contributed by atoms with Crippen LogP contribution in [0, 0.1) is 0 Å². The fourth-order valence-electron chi connectivity index (χ4n) is 3.26. The quantitative estimate of drug-likeness (QED) is 0.676. The number of primary amides is 1. The van der Waals surface area contributed by atoms with Crippen LogP contribution in [0.3, 0.4) is 0 Å². The number of carbonyl (C=O) groups excluding carboxylic acids is 2. The summed E-state index contributed by atoms with van der Waals surface area (Å²) in [6.45, 7) is 5.80. The lowest BCUT2D eigenvalue weighted by atomic mass is 10.1. The average molecular weight is 381 g/mol. The molecule has 1 aliphatic heterocycles. The van der Waals surface area contributed by atoms with E-state index in [-0.39, 0.29) is 5.91 Å². The second kappa shape index (κ2) is 9.75. The van der Waals surface area contributed by atoms with Crippen molar-refractivity contribution >= 4 is 17.6 Å². The average Bonchev–Trinajstić information content (AvgIpc) is 2.73. The van der Waals surface area contributed by atoms with Gasteiger partial charge in [-0.25, -0.2) is 4.79 Å². The van der Waals surface area contributed by atoms with E-state index in [0.29, 0.717) is 18.7 Å². The van der Waals surface area contributed by atoms with Gasteiger partial charge in [0, 0.05) is 57.1 Å². The molecule has 3 amide bonds. The molecule has 3 rings (SSSR count). The highest BCUT2D eigenvalue weighted by Gasteiger charge is 2.16. The van der Waals surface area contributed by atoms with E-state index in [9.17, 15) is 9.59 Å². The first-order valence-electron chi connectivity index (χ1n) is 9.54. The molecule has 0 unspecified atom stereocenters. The van der Waals surface area contributed by atoms with Crippen LogP contribution in [0.5, 0.6) is 0 Å². The van der Waals surface area contributed by atoms with Gasteiger partial charge in [0.05, 0.1) is 0 Å². The summed E-state index contributed by atoms with van der Waals surface area (Å²) in [5.41, 5.74) is 7.82. The summed E-state index contributed by atoms with van der Waals surface area (Å²) in [6.07, 6.45) is 0. The Morgan fingerprint density at radius 2 is 1.57 bits per heavy atom. The summed E-state index contributed by atoms with van der Waals surface area (Å²) in [5, 5.41) is 5.50. The van der Waals surface area contributed by atoms with Crippen LogP contribution in [0.25, 0.3) is 0 Å². The Balaban J connectivity index is 1.37.